The highest BCUT2D eigenvalue weighted by Gasteiger charge is 2.39. The average Bonchev–Trinajstić information content (AvgIpc) is 2.92. The summed E-state index contributed by atoms with van der Waals surface area (Å²) in [5, 5.41) is 13.0. The molecular weight excluding hydrogens is 321 g/mol. The van der Waals surface area contributed by atoms with Crippen LogP contribution < -0.4 is 4.57 Å². The van der Waals surface area contributed by atoms with Crippen LogP contribution in [-0.2, 0) is 13.6 Å². The summed E-state index contributed by atoms with van der Waals surface area (Å²) >= 11 is 0. The second kappa shape index (κ2) is 5.66. The Hall–Kier alpha value is -3.28. The van der Waals surface area contributed by atoms with Crippen LogP contribution in [0, 0.1) is 5.82 Å². The van der Waals surface area contributed by atoms with E-state index in [1.165, 1.54) is 12.1 Å². The van der Waals surface area contributed by atoms with Crippen LogP contribution in [0.2, 0.25) is 0 Å². The number of halogens is 1. The van der Waals surface area contributed by atoms with E-state index in [1.807, 2.05) is 0 Å². The highest BCUT2D eigenvalue weighted by atomic mass is 19.1. The van der Waals surface area contributed by atoms with Crippen LogP contribution in [0.1, 0.15) is 32.9 Å². The molecule has 0 unspecified atom stereocenters. The molecule has 1 aromatic heterocycles. The lowest BCUT2D eigenvalue weighted by molar-refractivity contribution is -0.672. The fourth-order valence-corrected chi connectivity index (χ4v) is 3.34. The van der Waals surface area contributed by atoms with Crippen LogP contribution in [0.15, 0.2) is 60.0 Å². The van der Waals surface area contributed by atoms with Crippen molar-refractivity contribution in [1.29, 1.82) is 0 Å². The summed E-state index contributed by atoms with van der Waals surface area (Å²) in [5.41, 5.74) is 3.16. The van der Waals surface area contributed by atoms with E-state index in [0.717, 1.165) is 5.56 Å². The number of rotatable bonds is 2. The number of hydrogen-bond acceptors (Lipinski definition) is 3. The fraction of sp³-hybridized carbons (Fsp3) is 0.105. The lowest BCUT2D eigenvalue weighted by Crippen LogP contribution is -2.37. The Morgan fingerprint density at radius 3 is 2.64 bits per heavy atom. The summed E-state index contributed by atoms with van der Waals surface area (Å²) in [6.45, 7) is 0.341. The van der Waals surface area contributed by atoms with E-state index in [-0.39, 0.29) is 11.6 Å². The zero-order valence-corrected chi connectivity index (χ0v) is 13.5. The van der Waals surface area contributed by atoms with Crippen LogP contribution in [0.4, 0.5) is 4.39 Å². The minimum absolute atomic E-state index is 0.144. The number of benzene rings is 2. The molecule has 3 aromatic rings. The molecule has 1 N–H and O–H groups in total. The SMILES string of the molecule is C[n+]1cn(Cc2cccc(F)c2)c2c1/C(=N\O)c1ccccc1C2=O. The molecule has 0 amide bonds. The first-order valence-electron chi connectivity index (χ1n) is 7.80. The zero-order chi connectivity index (χ0) is 17.6. The molecule has 124 valence electrons. The summed E-state index contributed by atoms with van der Waals surface area (Å²) in [5.74, 6) is -0.466. The Labute approximate surface area is 143 Å². The molecule has 2 aromatic carbocycles. The molecule has 0 radical (unpaired) electrons. The topological polar surface area (TPSA) is 58.5 Å². The first kappa shape index (κ1) is 15.3. The molecular formula is C19H15FN3O2+. The molecule has 1 aliphatic carbocycles. The van der Waals surface area contributed by atoms with E-state index in [9.17, 15) is 14.4 Å². The molecule has 5 nitrogen and oxygen atoms in total. The van der Waals surface area contributed by atoms with Crippen molar-refractivity contribution < 1.29 is 19.0 Å². The van der Waals surface area contributed by atoms with Crippen LogP contribution in [0.25, 0.3) is 0 Å². The molecule has 0 saturated heterocycles. The van der Waals surface area contributed by atoms with E-state index < -0.39 is 0 Å². The van der Waals surface area contributed by atoms with E-state index in [4.69, 9.17) is 0 Å². The third-order valence-electron chi connectivity index (χ3n) is 4.38. The predicted molar refractivity (Wildman–Crippen MR) is 88.4 cm³/mol. The lowest BCUT2D eigenvalue weighted by atomic mass is 9.89. The Morgan fingerprint density at radius 2 is 1.92 bits per heavy atom. The van der Waals surface area contributed by atoms with E-state index in [1.54, 1.807) is 58.9 Å². The van der Waals surface area contributed by atoms with Crippen molar-refractivity contribution >= 4 is 11.5 Å². The molecule has 0 saturated carbocycles. The van der Waals surface area contributed by atoms with Gasteiger partial charge in [0, 0.05) is 11.1 Å². The molecule has 4 rings (SSSR count). The van der Waals surface area contributed by atoms with Crippen molar-refractivity contribution in [2.24, 2.45) is 12.2 Å². The monoisotopic (exact) mass is 336 g/mol. The molecule has 0 fully saturated rings. The summed E-state index contributed by atoms with van der Waals surface area (Å²) in [6, 6.07) is 13.3. The quantitative estimate of drug-likeness (QED) is 0.347. The fourth-order valence-electron chi connectivity index (χ4n) is 3.34. The van der Waals surface area contributed by atoms with Gasteiger partial charge in [0.25, 0.3) is 0 Å². The number of fused-ring (bicyclic) bond motifs is 2. The molecule has 1 heterocycles. The van der Waals surface area contributed by atoms with Gasteiger partial charge in [0.05, 0.1) is 7.05 Å². The van der Waals surface area contributed by atoms with Gasteiger partial charge < -0.3 is 5.21 Å². The smallest absolute Gasteiger partial charge is 0.244 e. The second-order valence-corrected chi connectivity index (χ2v) is 6.00. The number of nitrogens with zero attached hydrogens (tertiary/aromatic N) is 3. The number of carbonyl (C=O) groups excluding carboxylic acids is 1. The number of aryl methyl sites for hydroxylation is 1. The molecule has 0 aliphatic heterocycles. The van der Waals surface area contributed by atoms with Gasteiger partial charge in [-0.05, 0) is 17.7 Å². The average molecular weight is 336 g/mol. The first-order chi connectivity index (χ1) is 12.1. The van der Waals surface area contributed by atoms with Crippen LogP contribution in [-0.4, -0.2) is 21.3 Å². The number of hydrogen-bond donors (Lipinski definition) is 1. The Morgan fingerprint density at radius 1 is 1.16 bits per heavy atom. The van der Waals surface area contributed by atoms with Gasteiger partial charge in [-0.25, -0.2) is 13.5 Å². The van der Waals surface area contributed by atoms with Crippen molar-refractivity contribution in [2.45, 2.75) is 6.54 Å². The Kier molecular flexibility index (Phi) is 3.46. The molecule has 1 aliphatic rings. The number of oxime groups is 1. The van der Waals surface area contributed by atoms with Gasteiger partial charge in [0.1, 0.15) is 12.4 Å². The van der Waals surface area contributed by atoms with Crippen molar-refractivity contribution in [3.8, 4) is 0 Å². The van der Waals surface area contributed by atoms with Crippen LogP contribution in [0.5, 0.6) is 0 Å². The van der Waals surface area contributed by atoms with Crippen molar-refractivity contribution in [3.63, 3.8) is 0 Å². The van der Waals surface area contributed by atoms with E-state index in [0.29, 0.717) is 34.8 Å². The Bertz CT molecular complexity index is 1040. The maximum absolute atomic E-state index is 13.5. The zero-order valence-electron chi connectivity index (χ0n) is 13.5. The molecule has 0 bridgehead atoms. The van der Waals surface area contributed by atoms with Gasteiger partial charge >= 0.3 is 0 Å². The minimum Gasteiger partial charge on any atom is -0.410 e. The first-order valence-corrected chi connectivity index (χ1v) is 7.80. The van der Waals surface area contributed by atoms with Gasteiger partial charge in [-0.1, -0.05) is 41.6 Å². The standard InChI is InChI=1S/C19H14FN3O2/c1-22-11-23(10-12-5-4-6-13(20)9-12)18-17(22)16(21-25)14-7-2-3-8-15(14)19(18)24/h2-9,11H,10H2,1H3/p+1. The lowest BCUT2D eigenvalue weighted by Gasteiger charge is -2.14. The van der Waals surface area contributed by atoms with Gasteiger partial charge in [0.2, 0.25) is 23.5 Å². The predicted octanol–water partition coefficient (Wildman–Crippen LogP) is 2.27. The molecule has 25 heavy (non-hydrogen) atoms. The summed E-state index contributed by atoms with van der Waals surface area (Å²) in [7, 11) is 1.79. The number of imidazole rings is 1. The van der Waals surface area contributed by atoms with Gasteiger partial charge in [-0.15, -0.1) is 0 Å². The van der Waals surface area contributed by atoms with E-state index in [2.05, 4.69) is 5.16 Å². The van der Waals surface area contributed by atoms with Gasteiger partial charge in [-0.2, -0.15) is 0 Å². The third kappa shape index (κ3) is 2.34. The van der Waals surface area contributed by atoms with Crippen LogP contribution in [0.3, 0.4) is 0 Å². The van der Waals surface area contributed by atoms with Crippen molar-refractivity contribution in [1.82, 2.24) is 4.57 Å². The van der Waals surface area contributed by atoms with Crippen LogP contribution >= 0.6 is 0 Å². The number of aromatic nitrogens is 2. The highest BCUT2D eigenvalue weighted by Crippen LogP contribution is 2.26. The number of ketones is 1. The van der Waals surface area contributed by atoms with Gasteiger partial charge in [-0.3, -0.25) is 4.79 Å². The maximum Gasteiger partial charge on any atom is 0.244 e. The highest BCUT2D eigenvalue weighted by molar-refractivity contribution is 6.28. The molecule has 6 heteroatoms. The number of carbonyl (C=O) groups is 1. The van der Waals surface area contributed by atoms with Gasteiger partial charge in [0.15, 0.2) is 5.71 Å². The summed E-state index contributed by atoms with van der Waals surface area (Å²) in [4.78, 5) is 13.0. The summed E-state index contributed by atoms with van der Waals surface area (Å²) in [6.07, 6.45) is 1.75. The maximum atomic E-state index is 13.5. The van der Waals surface area contributed by atoms with Crippen molar-refractivity contribution in [3.05, 3.63) is 88.8 Å². The minimum atomic E-state index is -0.322. The second-order valence-electron chi connectivity index (χ2n) is 6.00. The van der Waals surface area contributed by atoms with E-state index >= 15 is 0 Å². The van der Waals surface area contributed by atoms with Crippen molar-refractivity contribution in [2.75, 3.05) is 0 Å². The normalized spacial score (nSPS) is 14.5. The summed E-state index contributed by atoms with van der Waals surface area (Å²) < 4.78 is 17.0. The largest absolute Gasteiger partial charge is 0.410 e. The molecule has 0 spiro atoms. The third-order valence-corrected chi connectivity index (χ3v) is 4.38. The molecule has 0 atom stereocenters. The Balaban J connectivity index is 1.89.